The molecule has 6 heteroatoms. The number of alkyl carbamates (subject to hydrolysis) is 1. The van der Waals surface area contributed by atoms with Crippen LogP contribution in [-0.2, 0) is 4.74 Å². The van der Waals surface area contributed by atoms with E-state index >= 15 is 0 Å². The van der Waals surface area contributed by atoms with Gasteiger partial charge in [0.2, 0.25) is 0 Å². The van der Waals surface area contributed by atoms with Gasteiger partial charge in [0, 0.05) is 24.7 Å². The Kier molecular flexibility index (Phi) is 5.14. The fourth-order valence-corrected chi connectivity index (χ4v) is 2.42. The summed E-state index contributed by atoms with van der Waals surface area (Å²) in [5, 5.41) is 2.74. The van der Waals surface area contributed by atoms with Crippen LogP contribution in [0.5, 0.6) is 0 Å². The van der Waals surface area contributed by atoms with Crippen molar-refractivity contribution in [2.75, 3.05) is 19.7 Å². The molecule has 0 aromatic heterocycles. The Balaban J connectivity index is 1.97. The van der Waals surface area contributed by atoms with E-state index in [1.165, 1.54) is 18.2 Å². The Hall–Kier alpha value is -2.11. The summed E-state index contributed by atoms with van der Waals surface area (Å²) in [6, 6.07) is 5.51. The molecule has 1 N–H and O–H groups in total. The average molecular weight is 294 g/mol. The first-order valence-electron chi connectivity index (χ1n) is 7.08. The van der Waals surface area contributed by atoms with Crippen molar-refractivity contribution in [3.05, 3.63) is 35.6 Å². The van der Waals surface area contributed by atoms with Gasteiger partial charge in [-0.15, -0.1) is 0 Å². The van der Waals surface area contributed by atoms with E-state index in [9.17, 15) is 14.0 Å². The molecule has 0 radical (unpaired) electrons. The molecule has 0 bridgehead atoms. The zero-order chi connectivity index (χ0) is 15.2. The second-order valence-electron chi connectivity index (χ2n) is 4.97. The Labute approximate surface area is 123 Å². The zero-order valence-electron chi connectivity index (χ0n) is 12.0. The molecule has 21 heavy (non-hydrogen) atoms. The van der Waals surface area contributed by atoms with Gasteiger partial charge in [0.1, 0.15) is 5.82 Å². The van der Waals surface area contributed by atoms with E-state index in [2.05, 4.69) is 5.32 Å². The van der Waals surface area contributed by atoms with Crippen molar-refractivity contribution in [2.24, 2.45) is 0 Å². The van der Waals surface area contributed by atoms with Crippen molar-refractivity contribution >= 4 is 12.0 Å². The van der Waals surface area contributed by atoms with Crippen molar-refractivity contribution in [1.29, 1.82) is 0 Å². The summed E-state index contributed by atoms with van der Waals surface area (Å²) in [5.74, 6) is -0.649. The van der Waals surface area contributed by atoms with Gasteiger partial charge in [-0.05, 0) is 38.0 Å². The van der Waals surface area contributed by atoms with Gasteiger partial charge in [-0.25, -0.2) is 9.18 Å². The SMILES string of the molecule is CCOC(=O)N[C@@H]1CCCN(C(=O)c2cccc(F)c2)C1. The van der Waals surface area contributed by atoms with Gasteiger partial charge in [-0.1, -0.05) is 6.07 Å². The molecule has 1 aromatic rings. The van der Waals surface area contributed by atoms with E-state index in [-0.39, 0.29) is 11.9 Å². The molecule has 2 amide bonds. The molecule has 0 unspecified atom stereocenters. The Morgan fingerprint density at radius 1 is 1.48 bits per heavy atom. The van der Waals surface area contributed by atoms with Gasteiger partial charge >= 0.3 is 6.09 Å². The van der Waals surface area contributed by atoms with Crippen LogP contribution in [-0.4, -0.2) is 42.6 Å². The van der Waals surface area contributed by atoms with E-state index in [0.29, 0.717) is 25.3 Å². The smallest absolute Gasteiger partial charge is 0.407 e. The van der Waals surface area contributed by atoms with E-state index in [4.69, 9.17) is 4.74 Å². The van der Waals surface area contributed by atoms with Crippen LogP contribution in [0.2, 0.25) is 0 Å². The third kappa shape index (κ3) is 4.18. The van der Waals surface area contributed by atoms with Crippen molar-refractivity contribution in [3.8, 4) is 0 Å². The first-order chi connectivity index (χ1) is 10.1. The lowest BCUT2D eigenvalue weighted by molar-refractivity contribution is 0.0685. The molecule has 0 aliphatic carbocycles. The summed E-state index contributed by atoms with van der Waals surface area (Å²) < 4.78 is 18.0. The largest absolute Gasteiger partial charge is 0.450 e. The average Bonchev–Trinajstić information content (AvgIpc) is 2.47. The first kappa shape index (κ1) is 15.3. The Morgan fingerprint density at radius 3 is 3.00 bits per heavy atom. The van der Waals surface area contributed by atoms with Gasteiger partial charge in [0.25, 0.3) is 5.91 Å². The Morgan fingerprint density at radius 2 is 2.29 bits per heavy atom. The van der Waals surface area contributed by atoms with Gasteiger partial charge in [0.05, 0.1) is 6.61 Å². The predicted molar refractivity (Wildman–Crippen MR) is 75.5 cm³/mol. The molecule has 1 heterocycles. The topological polar surface area (TPSA) is 58.6 Å². The van der Waals surface area contributed by atoms with Gasteiger partial charge in [-0.2, -0.15) is 0 Å². The lowest BCUT2D eigenvalue weighted by Crippen LogP contribution is -2.49. The zero-order valence-corrected chi connectivity index (χ0v) is 12.0. The van der Waals surface area contributed by atoms with E-state index in [1.54, 1.807) is 17.9 Å². The van der Waals surface area contributed by atoms with Crippen LogP contribution in [0.3, 0.4) is 0 Å². The van der Waals surface area contributed by atoms with E-state index in [0.717, 1.165) is 12.8 Å². The number of carbonyl (C=O) groups is 2. The number of nitrogens with one attached hydrogen (secondary N) is 1. The number of ether oxygens (including phenoxy) is 1. The third-order valence-corrected chi connectivity index (χ3v) is 3.38. The quantitative estimate of drug-likeness (QED) is 0.929. The fourth-order valence-electron chi connectivity index (χ4n) is 2.42. The number of carbonyl (C=O) groups excluding carboxylic acids is 2. The number of piperidine rings is 1. The number of amides is 2. The molecule has 2 rings (SSSR count). The number of benzene rings is 1. The van der Waals surface area contributed by atoms with Crippen LogP contribution in [0, 0.1) is 5.82 Å². The highest BCUT2D eigenvalue weighted by molar-refractivity contribution is 5.94. The number of halogens is 1. The van der Waals surface area contributed by atoms with E-state index < -0.39 is 11.9 Å². The maximum absolute atomic E-state index is 13.2. The Bertz CT molecular complexity index is 521. The van der Waals surface area contributed by atoms with Gasteiger partial charge in [-0.3, -0.25) is 4.79 Å². The van der Waals surface area contributed by atoms with E-state index in [1.807, 2.05) is 0 Å². The number of likely N-dealkylation sites (tertiary alicyclic amines) is 1. The van der Waals surface area contributed by atoms with Crippen LogP contribution in [0.25, 0.3) is 0 Å². The summed E-state index contributed by atoms with van der Waals surface area (Å²) in [6.07, 6.45) is 1.12. The maximum Gasteiger partial charge on any atom is 0.407 e. The van der Waals surface area contributed by atoms with Gasteiger partial charge < -0.3 is 15.0 Å². The monoisotopic (exact) mass is 294 g/mol. The van der Waals surface area contributed by atoms with Crippen molar-refractivity contribution in [2.45, 2.75) is 25.8 Å². The maximum atomic E-state index is 13.2. The molecule has 1 aliphatic rings. The minimum atomic E-state index is -0.470. The minimum Gasteiger partial charge on any atom is -0.450 e. The summed E-state index contributed by atoms with van der Waals surface area (Å²) in [7, 11) is 0. The molecule has 5 nitrogen and oxygen atoms in total. The molecule has 0 saturated carbocycles. The molecular weight excluding hydrogens is 275 g/mol. The highest BCUT2D eigenvalue weighted by atomic mass is 19.1. The second kappa shape index (κ2) is 7.06. The molecule has 1 aromatic carbocycles. The fraction of sp³-hybridized carbons (Fsp3) is 0.467. The standard InChI is InChI=1S/C15H19FN2O3/c1-2-21-15(20)17-13-7-4-8-18(10-13)14(19)11-5-3-6-12(16)9-11/h3,5-6,9,13H,2,4,7-8,10H2,1H3,(H,17,20)/t13-/m1/s1. The van der Waals surface area contributed by atoms with Crippen molar-refractivity contribution < 1.29 is 18.7 Å². The van der Waals surface area contributed by atoms with Crippen LogP contribution >= 0.6 is 0 Å². The lowest BCUT2D eigenvalue weighted by atomic mass is 10.0. The first-order valence-corrected chi connectivity index (χ1v) is 7.08. The van der Waals surface area contributed by atoms with Crippen LogP contribution in [0.4, 0.5) is 9.18 Å². The van der Waals surface area contributed by atoms with Crippen LogP contribution < -0.4 is 5.32 Å². The van der Waals surface area contributed by atoms with Gasteiger partial charge in [0.15, 0.2) is 0 Å². The summed E-state index contributed by atoms with van der Waals surface area (Å²) in [4.78, 5) is 25.4. The molecule has 0 spiro atoms. The summed E-state index contributed by atoms with van der Waals surface area (Å²) in [6.45, 7) is 3.06. The highest BCUT2D eigenvalue weighted by Gasteiger charge is 2.25. The summed E-state index contributed by atoms with van der Waals surface area (Å²) in [5.41, 5.74) is 0.326. The minimum absolute atomic E-state index is 0.129. The molecule has 1 atom stereocenters. The number of hydrogen-bond donors (Lipinski definition) is 1. The predicted octanol–water partition coefficient (Wildman–Crippen LogP) is 2.18. The highest BCUT2D eigenvalue weighted by Crippen LogP contribution is 2.14. The van der Waals surface area contributed by atoms with Crippen LogP contribution in [0.15, 0.2) is 24.3 Å². The number of rotatable bonds is 3. The molecular formula is C15H19FN2O3. The molecule has 1 saturated heterocycles. The molecule has 1 aliphatic heterocycles. The molecule has 114 valence electrons. The summed E-state index contributed by atoms with van der Waals surface area (Å²) >= 11 is 0. The third-order valence-electron chi connectivity index (χ3n) is 3.38. The van der Waals surface area contributed by atoms with Crippen LogP contribution in [0.1, 0.15) is 30.1 Å². The second-order valence-corrected chi connectivity index (χ2v) is 4.97. The number of hydrogen-bond acceptors (Lipinski definition) is 3. The normalized spacial score (nSPS) is 18.2. The van der Waals surface area contributed by atoms with Crippen molar-refractivity contribution in [3.63, 3.8) is 0 Å². The number of nitrogens with zero attached hydrogens (tertiary/aromatic N) is 1. The van der Waals surface area contributed by atoms with Crippen molar-refractivity contribution in [1.82, 2.24) is 10.2 Å². The molecule has 1 fully saturated rings. The lowest BCUT2D eigenvalue weighted by Gasteiger charge is -2.33.